The van der Waals surface area contributed by atoms with Gasteiger partial charge >= 0.3 is 35.6 Å². The predicted octanol–water partition coefficient (Wildman–Crippen LogP) is -1.63. The molecule has 0 atom stereocenters. The van der Waals surface area contributed by atoms with Crippen LogP contribution in [-0.4, -0.2) is 47.3 Å². The molecule has 0 saturated carbocycles. The molecule has 0 rings (SSSR count). The first-order valence-corrected chi connectivity index (χ1v) is 1.80. The Bertz CT molecular complexity index is 46.5. The standard InChI is InChI=1S/C2H6O.CH4N2O.Na.H/c1-2-3;2-1(3)4;;/h3H,2H2,1H3;(H4,2,3,4);;. The first kappa shape index (κ1) is 15.7. The molecule has 0 aromatic carbocycles. The van der Waals surface area contributed by atoms with Crippen molar-refractivity contribution in [2.24, 2.45) is 11.5 Å². The number of aliphatic hydroxyl groups is 1. The molecule has 0 saturated heterocycles. The molecule has 0 aromatic heterocycles. The van der Waals surface area contributed by atoms with Crippen molar-refractivity contribution in [3.63, 3.8) is 0 Å². The average Bonchev–Trinajstić information content (AvgIpc) is 1.33. The van der Waals surface area contributed by atoms with E-state index < -0.39 is 6.03 Å². The van der Waals surface area contributed by atoms with Gasteiger partial charge in [-0.2, -0.15) is 0 Å². The van der Waals surface area contributed by atoms with Gasteiger partial charge in [-0.1, -0.05) is 0 Å². The quantitative estimate of drug-likeness (QED) is 0.344. The van der Waals surface area contributed by atoms with Gasteiger partial charge in [-0.25, -0.2) is 4.79 Å². The summed E-state index contributed by atoms with van der Waals surface area (Å²) in [5.41, 5.74) is 8.50. The van der Waals surface area contributed by atoms with Gasteiger partial charge in [0.15, 0.2) is 0 Å². The SMILES string of the molecule is CCO.NC(N)=O.[NaH]. The molecule has 8 heavy (non-hydrogen) atoms. The van der Waals surface area contributed by atoms with Crippen molar-refractivity contribution in [1.82, 2.24) is 0 Å². The maximum absolute atomic E-state index is 9.00. The Morgan fingerprint density at radius 1 is 1.62 bits per heavy atom. The second kappa shape index (κ2) is 15.7. The summed E-state index contributed by atoms with van der Waals surface area (Å²) in [5.74, 6) is 0. The molecule has 46 valence electrons. The van der Waals surface area contributed by atoms with Crippen molar-refractivity contribution < 1.29 is 9.90 Å². The molecule has 5 N–H and O–H groups in total. The average molecular weight is 130 g/mol. The van der Waals surface area contributed by atoms with Gasteiger partial charge in [0.1, 0.15) is 0 Å². The maximum atomic E-state index is 9.00. The molecule has 0 aliphatic carbocycles. The van der Waals surface area contributed by atoms with Crippen LogP contribution in [0.2, 0.25) is 0 Å². The molecule has 0 unspecified atom stereocenters. The fourth-order valence-electron chi connectivity index (χ4n) is 0. The Labute approximate surface area is 70.5 Å². The van der Waals surface area contributed by atoms with Crippen LogP contribution in [0.3, 0.4) is 0 Å². The Kier molecular flexibility index (Phi) is 30.8. The van der Waals surface area contributed by atoms with E-state index in [-0.39, 0.29) is 36.2 Å². The summed E-state index contributed by atoms with van der Waals surface area (Å²) in [6.45, 7) is 1.93. The third-order valence-electron chi connectivity index (χ3n) is 0. The molecule has 0 aromatic rings. The first-order valence-electron chi connectivity index (χ1n) is 1.80. The number of urea groups is 1. The van der Waals surface area contributed by atoms with E-state index in [9.17, 15) is 0 Å². The third-order valence-corrected chi connectivity index (χ3v) is 0. The van der Waals surface area contributed by atoms with E-state index in [0.717, 1.165) is 0 Å². The second-order valence-corrected chi connectivity index (χ2v) is 0.719. The Hall–Kier alpha value is 0.230. The molecule has 0 spiro atoms. The summed E-state index contributed by atoms with van der Waals surface area (Å²) < 4.78 is 0. The molecule has 2 amide bonds. The molecular formula is C3H11N2NaO2. The molecule has 0 aliphatic heterocycles. The van der Waals surface area contributed by atoms with Crippen LogP contribution in [0.15, 0.2) is 0 Å². The number of rotatable bonds is 0. The van der Waals surface area contributed by atoms with E-state index in [1.807, 2.05) is 0 Å². The number of amides is 2. The van der Waals surface area contributed by atoms with E-state index in [2.05, 4.69) is 11.5 Å². The van der Waals surface area contributed by atoms with Crippen LogP contribution in [0.25, 0.3) is 0 Å². The molecule has 0 heterocycles. The molecule has 4 nitrogen and oxygen atoms in total. The van der Waals surface area contributed by atoms with E-state index in [4.69, 9.17) is 9.90 Å². The number of carbonyl (C=O) groups excluding carboxylic acids is 1. The number of primary amides is 2. The van der Waals surface area contributed by atoms with Crippen LogP contribution in [0, 0.1) is 0 Å². The minimum atomic E-state index is -0.833. The van der Waals surface area contributed by atoms with Crippen molar-refractivity contribution >= 4 is 35.6 Å². The van der Waals surface area contributed by atoms with E-state index >= 15 is 0 Å². The van der Waals surface area contributed by atoms with Gasteiger partial charge in [-0.15, -0.1) is 0 Å². The zero-order valence-corrected chi connectivity index (χ0v) is 4.22. The zero-order valence-electron chi connectivity index (χ0n) is 4.22. The van der Waals surface area contributed by atoms with E-state index in [1.165, 1.54) is 0 Å². The molecule has 0 radical (unpaired) electrons. The van der Waals surface area contributed by atoms with E-state index in [0.29, 0.717) is 0 Å². The van der Waals surface area contributed by atoms with Crippen LogP contribution in [-0.2, 0) is 0 Å². The Morgan fingerprint density at radius 3 is 1.62 bits per heavy atom. The van der Waals surface area contributed by atoms with Crippen LogP contribution in [0.5, 0.6) is 0 Å². The van der Waals surface area contributed by atoms with Crippen LogP contribution in [0.1, 0.15) is 6.92 Å². The topological polar surface area (TPSA) is 89.3 Å². The van der Waals surface area contributed by atoms with Gasteiger partial charge < -0.3 is 16.6 Å². The number of carbonyl (C=O) groups is 1. The van der Waals surface area contributed by atoms with Crippen molar-refractivity contribution in [2.45, 2.75) is 6.92 Å². The summed E-state index contributed by atoms with van der Waals surface area (Å²) in [5, 5.41) is 7.57. The van der Waals surface area contributed by atoms with Crippen molar-refractivity contribution in [3.05, 3.63) is 0 Å². The Morgan fingerprint density at radius 2 is 1.62 bits per heavy atom. The van der Waals surface area contributed by atoms with Gasteiger partial charge in [0, 0.05) is 6.61 Å². The van der Waals surface area contributed by atoms with Crippen LogP contribution < -0.4 is 11.5 Å². The van der Waals surface area contributed by atoms with Gasteiger partial charge in [0.25, 0.3) is 0 Å². The summed E-state index contributed by atoms with van der Waals surface area (Å²) >= 11 is 0. The zero-order chi connectivity index (χ0) is 6.28. The fourth-order valence-corrected chi connectivity index (χ4v) is 0. The van der Waals surface area contributed by atoms with Crippen molar-refractivity contribution in [2.75, 3.05) is 6.61 Å². The van der Waals surface area contributed by atoms with Crippen LogP contribution in [0.4, 0.5) is 4.79 Å². The van der Waals surface area contributed by atoms with Gasteiger partial charge in [0.2, 0.25) is 0 Å². The van der Waals surface area contributed by atoms with Crippen molar-refractivity contribution in [3.8, 4) is 0 Å². The number of nitrogens with two attached hydrogens (primary N) is 2. The second-order valence-electron chi connectivity index (χ2n) is 0.719. The van der Waals surface area contributed by atoms with Crippen LogP contribution >= 0.6 is 0 Å². The normalized spacial score (nSPS) is 5.25. The summed E-state index contributed by atoms with van der Waals surface area (Å²) in [6.07, 6.45) is 0. The summed E-state index contributed by atoms with van der Waals surface area (Å²) in [7, 11) is 0. The molecule has 0 bridgehead atoms. The predicted molar refractivity (Wildman–Crippen MR) is 33.7 cm³/mol. The molecule has 5 heteroatoms. The van der Waals surface area contributed by atoms with E-state index in [1.54, 1.807) is 6.92 Å². The third kappa shape index (κ3) is 3220. The summed E-state index contributed by atoms with van der Waals surface area (Å²) in [4.78, 5) is 9.00. The molecular weight excluding hydrogens is 119 g/mol. The van der Waals surface area contributed by atoms with Gasteiger partial charge in [-0.3, -0.25) is 0 Å². The first-order chi connectivity index (χ1) is 3.15. The minimum absolute atomic E-state index is 0. The number of aliphatic hydroxyl groups excluding tert-OH is 1. The van der Waals surface area contributed by atoms with Crippen molar-refractivity contribution in [1.29, 1.82) is 0 Å². The molecule has 0 fully saturated rings. The molecule has 0 aliphatic rings. The number of hydrogen-bond acceptors (Lipinski definition) is 2. The van der Waals surface area contributed by atoms with Gasteiger partial charge in [-0.05, 0) is 6.92 Å². The summed E-state index contributed by atoms with van der Waals surface area (Å²) in [6, 6.07) is -0.833. The Balaban J connectivity index is -0.0000000575. The monoisotopic (exact) mass is 130 g/mol. The van der Waals surface area contributed by atoms with Gasteiger partial charge in [0.05, 0.1) is 0 Å². The number of hydrogen-bond donors (Lipinski definition) is 3. The fraction of sp³-hybridized carbons (Fsp3) is 0.667.